The van der Waals surface area contributed by atoms with Crippen molar-refractivity contribution in [2.75, 3.05) is 13.6 Å². The number of nitrogens with two attached hydrogens (primary N) is 1. The van der Waals surface area contributed by atoms with E-state index in [1.54, 1.807) is 0 Å². The van der Waals surface area contributed by atoms with Crippen LogP contribution in [-0.2, 0) is 11.3 Å². The molecule has 2 spiro atoms. The van der Waals surface area contributed by atoms with Gasteiger partial charge in [-0.2, -0.15) is 13.2 Å². The first-order chi connectivity index (χ1) is 18.2. The van der Waals surface area contributed by atoms with Crippen molar-refractivity contribution in [2.45, 2.75) is 88.5 Å². The minimum absolute atomic E-state index is 0.0901. The first kappa shape index (κ1) is 27.3. The van der Waals surface area contributed by atoms with Crippen molar-refractivity contribution in [3.63, 3.8) is 0 Å². The van der Waals surface area contributed by atoms with Gasteiger partial charge in [-0.3, -0.25) is 29.0 Å². The quantitative estimate of drug-likeness (QED) is 0.288. The zero-order valence-corrected chi connectivity index (χ0v) is 21.7. The average molecular weight is 555 g/mol. The number of hydrogen-bond acceptors (Lipinski definition) is 6. The lowest BCUT2D eigenvalue weighted by molar-refractivity contribution is -0.173. The van der Waals surface area contributed by atoms with E-state index in [0.717, 1.165) is 39.7 Å². The molecule has 3 saturated carbocycles. The Kier molecular flexibility index (Phi) is 6.37. The van der Waals surface area contributed by atoms with Gasteiger partial charge in [-0.25, -0.2) is 9.59 Å². The van der Waals surface area contributed by atoms with E-state index in [1.807, 2.05) is 0 Å². The lowest BCUT2D eigenvalue weighted by atomic mass is 9.51. The van der Waals surface area contributed by atoms with Gasteiger partial charge in [0, 0.05) is 19.6 Å². The highest BCUT2D eigenvalue weighted by Gasteiger charge is 2.69. The Balaban J connectivity index is 1.39. The van der Waals surface area contributed by atoms with Crippen LogP contribution in [0.15, 0.2) is 9.59 Å². The number of hydrogen-bond donors (Lipinski definition) is 3. The standard InChI is InChI=1S/C25H33F3N6O5/c1-31-20(37)24(33(21(31)38)13-25(26,27)28)11-23(12-24)8-6-15(7-9-23)34-19(36)16(17(29)30)18(35)32(22(34)39)10-14-4-2-3-5-14/h14-15,35H,2-13H2,1H3,(H3,29,30). The summed E-state index contributed by atoms with van der Waals surface area (Å²) in [5, 5.41) is 18.6. The van der Waals surface area contributed by atoms with Crippen LogP contribution in [0.1, 0.15) is 75.8 Å². The third-order valence-electron chi connectivity index (χ3n) is 9.32. The number of amides is 3. The molecule has 1 saturated heterocycles. The number of halogens is 3. The van der Waals surface area contributed by atoms with E-state index in [2.05, 4.69) is 0 Å². The molecule has 3 aliphatic carbocycles. The van der Waals surface area contributed by atoms with Crippen LogP contribution in [0.4, 0.5) is 18.0 Å². The summed E-state index contributed by atoms with van der Waals surface area (Å²) >= 11 is 0. The van der Waals surface area contributed by atoms with Crippen molar-refractivity contribution in [3.8, 4) is 5.88 Å². The second-order valence-corrected chi connectivity index (χ2v) is 11.8. The molecule has 14 heteroatoms. The van der Waals surface area contributed by atoms with Crippen LogP contribution in [0, 0.1) is 16.7 Å². The lowest BCUT2D eigenvalue weighted by Gasteiger charge is -2.58. The van der Waals surface area contributed by atoms with Crippen molar-refractivity contribution in [3.05, 3.63) is 26.4 Å². The number of likely N-dealkylation sites (N-methyl/N-ethyl adjacent to an activating group) is 1. The maximum Gasteiger partial charge on any atom is 0.406 e. The van der Waals surface area contributed by atoms with Crippen molar-refractivity contribution < 1.29 is 27.9 Å². The summed E-state index contributed by atoms with van der Waals surface area (Å²) in [4.78, 5) is 53.4. The number of nitrogens with one attached hydrogen (secondary N) is 1. The number of imide groups is 1. The third kappa shape index (κ3) is 4.31. The first-order valence-corrected chi connectivity index (χ1v) is 13.3. The van der Waals surface area contributed by atoms with Crippen molar-refractivity contribution in [2.24, 2.45) is 17.1 Å². The maximum atomic E-state index is 13.5. The summed E-state index contributed by atoms with van der Waals surface area (Å²) in [6.45, 7) is -1.29. The molecule has 2 heterocycles. The smallest absolute Gasteiger partial charge is 0.406 e. The summed E-state index contributed by atoms with van der Waals surface area (Å²) in [6.07, 6.45) is 0.880. The Labute approximate surface area is 221 Å². The zero-order valence-electron chi connectivity index (χ0n) is 21.7. The van der Waals surface area contributed by atoms with E-state index in [-0.39, 0.29) is 25.3 Å². The monoisotopic (exact) mass is 554 g/mol. The SMILES string of the molecule is CN1C(=O)N(CC(F)(F)F)C2(CC3(CCC(n4c(=O)c(C(=N)N)c(O)n(CC5CCCC5)c4=O)CC3)C2)C1=O. The van der Waals surface area contributed by atoms with Gasteiger partial charge in [-0.15, -0.1) is 0 Å². The molecule has 0 radical (unpaired) electrons. The van der Waals surface area contributed by atoms with Crippen molar-refractivity contribution in [1.29, 1.82) is 5.41 Å². The van der Waals surface area contributed by atoms with Crippen LogP contribution < -0.4 is 17.0 Å². The Hall–Kier alpha value is -3.32. The first-order valence-electron chi connectivity index (χ1n) is 13.3. The van der Waals surface area contributed by atoms with Gasteiger partial charge in [-0.1, -0.05) is 12.8 Å². The summed E-state index contributed by atoms with van der Waals surface area (Å²) in [5.74, 6) is -1.73. The molecule has 0 aromatic carbocycles. The predicted octanol–water partition coefficient (Wildman–Crippen LogP) is 2.28. The summed E-state index contributed by atoms with van der Waals surface area (Å²) in [5.41, 5.74) is 1.67. The highest BCUT2D eigenvalue weighted by atomic mass is 19.4. The van der Waals surface area contributed by atoms with Gasteiger partial charge in [0.15, 0.2) is 0 Å². The molecular weight excluding hydrogens is 521 g/mol. The molecule has 4 N–H and O–H groups in total. The van der Waals surface area contributed by atoms with Crippen LogP contribution >= 0.6 is 0 Å². The molecule has 0 atom stereocenters. The topological polar surface area (TPSA) is 155 Å². The molecule has 39 heavy (non-hydrogen) atoms. The lowest BCUT2D eigenvalue weighted by Crippen LogP contribution is -2.65. The predicted molar refractivity (Wildman–Crippen MR) is 132 cm³/mol. The third-order valence-corrected chi connectivity index (χ3v) is 9.32. The molecular formula is C25H33F3N6O5. The fraction of sp³-hybridized carbons (Fsp3) is 0.720. The number of nitrogen functional groups attached to an aromatic ring is 1. The molecule has 1 aromatic rings. The number of rotatable bonds is 5. The van der Waals surface area contributed by atoms with Crippen LogP contribution in [0.5, 0.6) is 5.88 Å². The van der Waals surface area contributed by atoms with Gasteiger partial charge < -0.3 is 15.7 Å². The minimum Gasteiger partial charge on any atom is -0.494 e. The number of amidine groups is 1. The minimum atomic E-state index is -4.65. The normalized spacial score (nSPS) is 29.6. The molecule has 3 amide bonds. The molecule has 0 unspecified atom stereocenters. The molecule has 0 bridgehead atoms. The van der Waals surface area contributed by atoms with Gasteiger partial charge in [-0.05, 0) is 62.7 Å². The molecule has 11 nitrogen and oxygen atoms in total. The summed E-state index contributed by atoms with van der Waals surface area (Å²) < 4.78 is 41.9. The van der Waals surface area contributed by atoms with E-state index in [0.29, 0.717) is 30.6 Å². The molecule has 1 aliphatic heterocycles. The summed E-state index contributed by atoms with van der Waals surface area (Å²) in [6, 6.07) is -1.52. The van der Waals surface area contributed by atoms with Crippen LogP contribution in [-0.4, -0.2) is 67.1 Å². The Bertz CT molecular complexity index is 1330. The second kappa shape index (κ2) is 9.12. The van der Waals surface area contributed by atoms with Gasteiger partial charge in [0.2, 0.25) is 5.88 Å². The molecule has 214 valence electrons. The van der Waals surface area contributed by atoms with Gasteiger partial charge in [0.25, 0.3) is 11.5 Å². The van der Waals surface area contributed by atoms with Gasteiger partial charge in [0.05, 0.1) is 0 Å². The maximum absolute atomic E-state index is 13.5. The fourth-order valence-electron chi connectivity index (χ4n) is 7.47. The molecule has 4 aliphatic rings. The van der Waals surface area contributed by atoms with E-state index in [4.69, 9.17) is 11.1 Å². The number of aromatic hydroxyl groups is 1. The van der Waals surface area contributed by atoms with E-state index >= 15 is 0 Å². The highest BCUT2D eigenvalue weighted by Crippen LogP contribution is 2.62. The van der Waals surface area contributed by atoms with E-state index < -0.39 is 70.2 Å². The number of alkyl halides is 3. The second-order valence-electron chi connectivity index (χ2n) is 11.8. The van der Waals surface area contributed by atoms with Crippen LogP contribution in [0.3, 0.4) is 0 Å². The van der Waals surface area contributed by atoms with Gasteiger partial charge >= 0.3 is 17.9 Å². The van der Waals surface area contributed by atoms with Crippen LogP contribution in [0.2, 0.25) is 0 Å². The Morgan fingerprint density at radius 2 is 1.67 bits per heavy atom. The highest BCUT2D eigenvalue weighted by molar-refractivity contribution is 6.07. The number of carbonyl (C=O) groups is 2. The average Bonchev–Trinajstić information content (AvgIpc) is 3.40. The number of nitrogens with zero attached hydrogens (tertiary/aromatic N) is 4. The number of aromatic nitrogens is 2. The van der Waals surface area contributed by atoms with Gasteiger partial charge in [0.1, 0.15) is 23.5 Å². The number of urea groups is 1. The zero-order chi connectivity index (χ0) is 28.5. The molecule has 5 rings (SSSR count). The Morgan fingerprint density at radius 1 is 1.08 bits per heavy atom. The van der Waals surface area contributed by atoms with E-state index in [9.17, 15) is 37.5 Å². The molecule has 4 fully saturated rings. The summed E-state index contributed by atoms with van der Waals surface area (Å²) in [7, 11) is 1.19. The number of carbonyl (C=O) groups excluding carboxylic acids is 2. The molecule has 1 aromatic heterocycles. The van der Waals surface area contributed by atoms with Crippen molar-refractivity contribution in [1.82, 2.24) is 18.9 Å². The largest absolute Gasteiger partial charge is 0.494 e. The van der Waals surface area contributed by atoms with Crippen molar-refractivity contribution >= 4 is 17.8 Å². The fourth-order valence-corrected chi connectivity index (χ4v) is 7.47. The van der Waals surface area contributed by atoms with Crippen LogP contribution in [0.25, 0.3) is 0 Å². The Morgan fingerprint density at radius 3 is 2.21 bits per heavy atom. The van der Waals surface area contributed by atoms with E-state index in [1.165, 1.54) is 7.05 Å².